The number of anilines is 1. The van der Waals surface area contributed by atoms with E-state index in [-0.39, 0.29) is 23.3 Å². The van der Waals surface area contributed by atoms with Crippen molar-refractivity contribution in [1.29, 1.82) is 0 Å². The predicted molar refractivity (Wildman–Crippen MR) is 103 cm³/mol. The summed E-state index contributed by atoms with van der Waals surface area (Å²) in [6.45, 7) is 2.05. The molecule has 0 spiro atoms. The average Bonchev–Trinajstić information content (AvgIpc) is 3.13. The fraction of sp³-hybridized carbons (Fsp3) is 0.556. The van der Waals surface area contributed by atoms with E-state index in [2.05, 4.69) is 15.1 Å². The molecule has 0 atom stereocenters. The van der Waals surface area contributed by atoms with Crippen LogP contribution < -0.4 is 15.1 Å². The molecule has 0 aromatic carbocycles. The third-order valence-electron chi connectivity index (χ3n) is 4.46. The van der Waals surface area contributed by atoms with Crippen LogP contribution in [-0.4, -0.2) is 29.5 Å². The molecular weight excluding hydrogens is 402 g/mol. The normalized spacial score (nSPS) is 14.1. The Balaban J connectivity index is 1.78. The van der Waals surface area contributed by atoms with E-state index in [4.69, 9.17) is 4.74 Å². The van der Waals surface area contributed by atoms with Gasteiger partial charge < -0.3 is 19.7 Å². The van der Waals surface area contributed by atoms with E-state index in [9.17, 15) is 14.7 Å². The lowest BCUT2D eigenvalue weighted by Crippen LogP contribution is -2.32. The zero-order valence-corrected chi connectivity index (χ0v) is 17.5. The van der Waals surface area contributed by atoms with Crippen LogP contribution in [0.4, 0.5) is 5.00 Å². The molecule has 0 bridgehead atoms. The molecule has 2 aromatic rings. The molecule has 10 heteroatoms. The van der Waals surface area contributed by atoms with Crippen molar-refractivity contribution in [2.24, 2.45) is 7.05 Å². The zero-order valence-electron chi connectivity index (χ0n) is 15.9. The Hall–Kier alpha value is -2.07. The van der Waals surface area contributed by atoms with Crippen LogP contribution in [0.15, 0.2) is 9.55 Å². The number of hydrogen-bond acceptors (Lipinski definition) is 8. The number of nitrogens with one attached hydrogen (secondary N) is 1. The Morgan fingerprint density at radius 2 is 2.07 bits per heavy atom. The number of carbonyl (C=O) groups excluding carboxylic acids is 2. The second kappa shape index (κ2) is 9.42. The van der Waals surface area contributed by atoms with E-state index >= 15 is 0 Å². The molecule has 28 heavy (non-hydrogen) atoms. The third kappa shape index (κ3) is 4.67. The van der Waals surface area contributed by atoms with E-state index in [1.807, 2.05) is 0 Å². The smallest absolute Gasteiger partial charge is 0.341 e. The van der Waals surface area contributed by atoms with Crippen molar-refractivity contribution in [3.05, 3.63) is 16.0 Å². The number of aryl methyl sites for hydroxylation is 2. The third-order valence-corrected chi connectivity index (χ3v) is 6.78. The van der Waals surface area contributed by atoms with E-state index in [1.165, 1.54) is 22.4 Å². The van der Waals surface area contributed by atoms with Crippen molar-refractivity contribution >= 4 is 40.0 Å². The number of thiophene rings is 1. The number of amides is 1. The number of rotatable bonds is 6. The van der Waals surface area contributed by atoms with Gasteiger partial charge in [-0.3, -0.25) is 4.79 Å². The SMILES string of the molecule is CCOC(=O)c1c(NC(=O)CSc2c([O-])on[n+]2C)sc2c1CCCCCC2. The highest BCUT2D eigenvalue weighted by Gasteiger charge is 2.26. The second-order valence-electron chi connectivity index (χ2n) is 6.47. The van der Waals surface area contributed by atoms with Gasteiger partial charge in [-0.25, -0.2) is 4.79 Å². The highest BCUT2D eigenvalue weighted by Crippen LogP contribution is 2.37. The molecule has 2 aromatic heterocycles. The Bertz CT molecular complexity index is 842. The van der Waals surface area contributed by atoms with Crippen LogP contribution in [0.1, 0.15) is 53.4 Å². The van der Waals surface area contributed by atoms with Gasteiger partial charge in [0.25, 0.3) is 5.03 Å². The first-order valence-electron chi connectivity index (χ1n) is 9.28. The van der Waals surface area contributed by atoms with Crippen LogP contribution in [0.5, 0.6) is 5.95 Å². The van der Waals surface area contributed by atoms with Crippen LogP contribution in [0.25, 0.3) is 0 Å². The minimum absolute atomic E-state index is 0.00905. The van der Waals surface area contributed by atoms with E-state index in [0.29, 0.717) is 10.6 Å². The van der Waals surface area contributed by atoms with Crippen LogP contribution in [-0.2, 0) is 29.4 Å². The lowest BCUT2D eigenvalue weighted by molar-refractivity contribution is -0.772. The summed E-state index contributed by atoms with van der Waals surface area (Å²) in [5.74, 6) is -1.26. The fourth-order valence-electron chi connectivity index (χ4n) is 3.18. The number of nitrogens with zero attached hydrogens (tertiary/aromatic N) is 2. The standard InChI is InChI=1S/C18H23N3O5S2/c1-3-25-17(23)14-11-8-6-4-5-7-9-12(11)28-15(14)19-13(22)10-27-16-18(24)26-20-21(16)2/h3-10H2,1-2H3,(H-,19,20,22,23,24). The molecule has 0 unspecified atom stereocenters. The lowest BCUT2D eigenvalue weighted by atomic mass is 9.96. The van der Waals surface area contributed by atoms with Gasteiger partial charge in [0.05, 0.1) is 23.2 Å². The van der Waals surface area contributed by atoms with Crippen molar-refractivity contribution < 1.29 is 28.6 Å². The van der Waals surface area contributed by atoms with Gasteiger partial charge >= 0.3 is 5.97 Å². The molecular formula is C18H23N3O5S2. The molecule has 1 amide bonds. The van der Waals surface area contributed by atoms with Crippen molar-refractivity contribution in [2.45, 2.75) is 50.5 Å². The Morgan fingerprint density at radius 3 is 2.75 bits per heavy atom. The van der Waals surface area contributed by atoms with Crippen LogP contribution >= 0.6 is 23.1 Å². The molecule has 0 fully saturated rings. The van der Waals surface area contributed by atoms with Crippen molar-refractivity contribution in [3.8, 4) is 5.95 Å². The Kier molecular flexibility index (Phi) is 6.95. The fourth-order valence-corrected chi connectivity index (χ4v) is 5.19. The molecule has 0 saturated heterocycles. The predicted octanol–water partition coefficient (Wildman–Crippen LogP) is 2.20. The maximum absolute atomic E-state index is 12.6. The summed E-state index contributed by atoms with van der Waals surface area (Å²) in [7, 11) is 1.57. The molecule has 0 aliphatic heterocycles. The van der Waals surface area contributed by atoms with Gasteiger partial charge in [0.15, 0.2) is 13.0 Å². The summed E-state index contributed by atoms with van der Waals surface area (Å²) in [6.07, 6.45) is 6.15. The van der Waals surface area contributed by atoms with Gasteiger partial charge in [-0.2, -0.15) is 0 Å². The van der Waals surface area contributed by atoms with E-state index < -0.39 is 11.9 Å². The number of fused-ring (bicyclic) bond motifs is 1. The molecule has 1 aliphatic carbocycles. The molecule has 1 N–H and O–H groups in total. The van der Waals surface area contributed by atoms with Crippen LogP contribution in [0.2, 0.25) is 0 Å². The summed E-state index contributed by atoms with van der Waals surface area (Å²) in [4.78, 5) is 26.2. The zero-order chi connectivity index (χ0) is 20.1. The Labute approximate surface area is 171 Å². The molecule has 3 rings (SSSR count). The van der Waals surface area contributed by atoms with Crippen LogP contribution in [0.3, 0.4) is 0 Å². The van der Waals surface area contributed by atoms with Gasteiger partial charge in [-0.05, 0) is 49.9 Å². The summed E-state index contributed by atoms with van der Waals surface area (Å²) < 4.78 is 11.1. The average molecular weight is 426 g/mol. The van der Waals surface area contributed by atoms with Gasteiger partial charge in [-0.1, -0.05) is 17.5 Å². The van der Waals surface area contributed by atoms with Gasteiger partial charge in [0, 0.05) is 4.88 Å². The summed E-state index contributed by atoms with van der Waals surface area (Å²) in [5.41, 5.74) is 1.50. The largest absolute Gasteiger partial charge is 0.538 e. The number of hydrogen-bond donors (Lipinski definition) is 1. The summed E-state index contributed by atoms with van der Waals surface area (Å²) in [6, 6.07) is 0. The number of esters is 1. The van der Waals surface area contributed by atoms with Gasteiger partial charge in [0.1, 0.15) is 5.00 Å². The van der Waals surface area contributed by atoms with E-state index in [1.54, 1.807) is 14.0 Å². The number of aromatic nitrogens is 2. The topological polar surface area (TPSA) is 108 Å². The molecule has 2 heterocycles. The van der Waals surface area contributed by atoms with Crippen molar-refractivity contribution in [1.82, 2.24) is 5.27 Å². The van der Waals surface area contributed by atoms with Gasteiger partial charge in [0.2, 0.25) is 5.91 Å². The minimum Gasteiger partial charge on any atom is -0.538 e. The molecule has 0 radical (unpaired) electrons. The van der Waals surface area contributed by atoms with Crippen molar-refractivity contribution in [2.75, 3.05) is 17.7 Å². The molecule has 152 valence electrons. The van der Waals surface area contributed by atoms with E-state index in [0.717, 1.165) is 54.3 Å². The number of thioether (sulfide) groups is 1. The maximum atomic E-state index is 12.6. The maximum Gasteiger partial charge on any atom is 0.341 e. The first-order valence-corrected chi connectivity index (χ1v) is 11.1. The number of carbonyl (C=O) groups is 2. The Morgan fingerprint density at radius 1 is 1.32 bits per heavy atom. The van der Waals surface area contributed by atoms with Gasteiger partial charge in [-0.15, -0.1) is 11.3 Å². The number of ether oxygens (including phenoxy) is 1. The first kappa shape index (κ1) is 20.7. The highest BCUT2D eigenvalue weighted by molar-refractivity contribution is 7.99. The lowest BCUT2D eigenvalue weighted by Gasteiger charge is -2.11. The highest BCUT2D eigenvalue weighted by atomic mass is 32.2. The molecule has 8 nitrogen and oxygen atoms in total. The minimum atomic E-state index is -0.577. The molecule has 1 aliphatic rings. The first-order chi connectivity index (χ1) is 13.5. The van der Waals surface area contributed by atoms with Crippen LogP contribution in [0, 0.1) is 0 Å². The quantitative estimate of drug-likeness (QED) is 0.429. The second-order valence-corrected chi connectivity index (χ2v) is 8.54. The summed E-state index contributed by atoms with van der Waals surface area (Å²) >= 11 is 2.50. The van der Waals surface area contributed by atoms with Crippen molar-refractivity contribution in [3.63, 3.8) is 0 Å². The summed E-state index contributed by atoms with van der Waals surface area (Å²) in [5, 5.41) is 18.7. The molecule has 0 saturated carbocycles. The monoisotopic (exact) mass is 425 g/mol.